The van der Waals surface area contributed by atoms with Gasteiger partial charge in [-0.05, 0) is 64.7 Å². The van der Waals surface area contributed by atoms with Gasteiger partial charge in [0.05, 0.1) is 17.7 Å². The van der Waals surface area contributed by atoms with Crippen LogP contribution in [0.3, 0.4) is 0 Å². The van der Waals surface area contributed by atoms with E-state index in [-0.39, 0.29) is 18.5 Å². The Morgan fingerprint density at radius 3 is 2.46 bits per heavy atom. The molecule has 0 aliphatic heterocycles. The van der Waals surface area contributed by atoms with Crippen LogP contribution in [0, 0.1) is 5.82 Å². The second kappa shape index (κ2) is 10.5. The molecular weight excluding hydrogens is 401 g/mol. The Labute approximate surface area is 162 Å². The van der Waals surface area contributed by atoms with Crippen LogP contribution in [-0.4, -0.2) is 24.4 Å². The number of ether oxygens (including phenoxy) is 2. The van der Waals surface area contributed by atoms with Crippen molar-refractivity contribution in [2.24, 2.45) is 0 Å². The smallest absolute Gasteiger partial charge is 0.175 e. The first kappa shape index (κ1) is 20.7. The van der Waals surface area contributed by atoms with E-state index >= 15 is 0 Å². The Balaban J connectivity index is 2.13. The Morgan fingerprint density at radius 2 is 1.85 bits per heavy atom. The molecule has 0 heterocycles. The van der Waals surface area contributed by atoms with Crippen LogP contribution in [0.2, 0.25) is 0 Å². The monoisotopic (exact) mass is 425 g/mol. The minimum Gasteiger partial charge on any atom is -0.490 e. The number of benzene rings is 2. The van der Waals surface area contributed by atoms with E-state index in [0.29, 0.717) is 31.3 Å². The Bertz CT molecular complexity index is 690. The third-order valence-electron chi connectivity index (χ3n) is 3.97. The van der Waals surface area contributed by atoms with E-state index in [1.54, 1.807) is 12.1 Å². The van der Waals surface area contributed by atoms with Crippen LogP contribution in [-0.2, 0) is 13.2 Å². The van der Waals surface area contributed by atoms with Crippen LogP contribution >= 0.6 is 15.9 Å². The molecule has 2 N–H and O–H groups in total. The van der Waals surface area contributed by atoms with E-state index in [2.05, 4.69) is 21.2 Å². The SMILES string of the molecule is CCOc1cc(CN[C@H](CC)CO)cc(Br)c1OCc1ccc(F)cc1. The normalized spacial score (nSPS) is 12.0. The number of aliphatic hydroxyl groups is 1. The van der Waals surface area contributed by atoms with Crippen molar-refractivity contribution in [3.63, 3.8) is 0 Å². The lowest BCUT2D eigenvalue weighted by molar-refractivity contribution is 0.238. The average Bonchev–Trinajstić information content (AvgIpc) is 2.63. The second-order valence-electron chi connectivity index (χ2n) is 5.92. The average molecular weight is 426 g/mol. The van der Waals surface area contributed by atoms with Crippen LogP contribution < -0.4 is 14.8 Å². The summed E-state index contributed by atoms with van der Waals surface area (Å²) >= 11 is 3.55. The molecule has 26 heavy (non-hydrogen) atoms. The standard InChI is InChI=1S/C20H25BrFNO3/c1-3-17(12-24)23-11-15-9-18(21)20(19(10-15)25-4-2)26-13-14-5-7-16(22)8-6-14/h5-10,17,23-24H,3-4,11-13H2,1-2H3/t17-/m1/s1. The highest BCUT2D eigenvalue weighted by molar-refractivity contribution is 9.10. The zero-order valence-electron chi connectivity index (χ0n) is 15.1. The number of aliphatic hydroxyl groups excluding tert-OH is 1. The maximum absolute atomic E-state index is 13.0. The molecule has 1 atom stereocenters. The van der Waals surface area contributed by atoms with Crippen LogP contribution in [0.25, 0.3) is 0 Å². The highest BCUT2D eigenvalue weighted by Gasteiger charge is 2.13. The molecule has 0 saturated carbocycles. The van der Waals surface area contributed by atoms with E-state index in [4.69, 9.17) is 9.47 Å². The molecule has 0 unspecified atom stereocenters. The summed E-state index contributed by atoms with van der Waals surface area (Å²) in [5, 5.41) is 12.6. The molecule has 0 aliphatic carbocycles. The number of rotatable bonds is 10. The van der Waals surface area contributed by atoms with Crippen LogP contribution in [0.15, 0.2) is 40.9 Å². The maximum atomic E-state index is 13.0. The topological polar surface area (TPSA) is 50.7 Å². The number of hydrogen-bond acceptors (Lipinski definition) is 4. The molecule has 0 saturated heterocycles. The molecule has 0 fully saturated rings. The number of hydrogen-bond donors (Lipinski definition) is 2. The van der Waals surface area contributed by atoms with Gasteiger partial charge in [0, 0.05) is 12.6 Å². The van der Waals surface area contributed by atoms with Crippen molar-refractivity contribution < 1.29 is 19.0 Å². The van der Waals surface area contributed by atoms with Crippen molar-refractivity contribution in [1.29, 1.82) is 0 Å². The van der Waals surface area contributed by atoms with Gasteiger partial charge in [-0.3, -0.25) is 0 Å². The van der Waals surface area contributed by atoms with E-state index in [9.17, 15) is 9.50 Å². The Morgan fingerprint density at radius 1 is 1.12 bits per heavy atom. The number of halogens is 2. The summed E-state index contributed by atoms with van der Waals surface area (Å²) in [5.74, 6) is 1.00. The first-order chi connectivity index (χ1) is 12.6. The molecule has 0 bridgehead atoms. The Kier molecular flexibility index (Phi) is 8.35. The van der Waals surface area contributed by atoms with Crippen LogP contribution in [0.5, 0.6) is 11.5 Å². The lowest BCUT2D eigenvalue weighted by atomic mass is 10.1. The fourth-order valence-corrected chi connectivity index (χ4v) is 3.07. The lowest BCUT2D eigenvalue weighted by Crippen LogP contribution is -2.31. The Hall–Kier alpha value is -1.63. The van der Waals surface area contributed by atoms with Gasteiger partial charge >= 0.3 is 0 Å². The fourth-order valence-electron chi connectivity index (χ4n) is 2.46. The van der Waals surface area contributed by atoms with Crippen molar-refractivity contribution in [3.05, 3.63) is 57.8 Å². The molecule has 0 amide bonds. The van der Waals surface area contributed by atoms with E-state index < -0.39 is 0 Å². The quantitative estimate of drug-likeness (QED) is 0.591. The molecule has 6 heteroatoms. The van der Waals surface area contributed by atoms with Crippen LogP contribution in [0.4, 0.5) is 4.39 Å². The summed E-state index contributed by atoms with van der Waals surface area (Å²) in [6.07, 6.45) is 0.856. The maximum Gasteiger partial charge on any atom is 0.175 e. The molecular formula is C20H25BrFNO3. The van der Waals surface area contributed by atoms with E-state index in [1.165, 1.54) is 12.1 Å². The molecule has 142 valence electrons. The highest BCUT2D eigenvalue weighted by Crippen LogP contribution is 2.37. The summed E-state index contributed by atoms with van der Waals surface area (Å²) < 4.78 is 25.5. The predicted octanol–water partition coefficient (Wildman–Crippen LogP) is 4.43. The molecule has 0 aromatic heterocycles. The molecule has 0 spiro atoms. The van der Waals surface area contributed by atoms with E-state index in [1.807, 2.05) is 26.0 Å². The van der Waals surface area contributed by atoms with Crippen LogP contribution in [0.1, 0.15) is 31.4 Å². The van der Waals surface area contributed by atoms with Crippen molar-refractivity contribution >= 4 is 15.9 Å². The van der Waals surface area contributed by atoms with Crippen molar-refractivity contribution in [3.8, 4) is 11.5 Å². The molecule has 4 nitrogen and oxygen atoms in total. The lowest BCUT2D eigenvalue weighted by Gasteiger charge is -2.18. The summed E-state index contributed by atoms with van der Waals surface area (Å²) in [4.78, 5) is 0. The van der Waals surface area contributed by atoms with Gasteiger partial charge in [-0.2, -0.15) is 0 Å². The van der Waals surface area contributed by atoms with Gasteiger partial charge in [0.2, 0.25) is 0 Å². The highest BCUT2D eigenvalue weighted by atomic mass is 79.9. The van der Waals surface area contributed by atoms with E-state index in [0.717, 1.165) is 22.0 Å². The van der Waals surface area contributed by atoms with Gasteiger partial charge in [0.1, 0.15) is 12.4 Å². The predicted molar refractivity (Wildman–Crippen MR) is 104 cm³/mol. The number of nitrogens with one attached hydrogen (secondary N) is 1. The summed E-state index contributed by atoms with van der Waals surface area (Å²) in [6.45, 7) is 5.51. The van der Waals surface area contributed by atoms with Gasteiger partial charge in [-0.1, -0.05) is 19.1 Å². The second-order valence-corrected chi connectivity index (χ2v) is 6.78. The largest absolute Gasteiger partial charge is 0.490 e. The minimum absolute atomic E-state index is 0.0683. The third-order valence-corrected chi connectivity index (χ3v) is 4.56. The van der Waals surface area contributed by atoms with Gasteiger partial charge < -0.3 is 19.9 Å². The van der Waals surface area contributed by atoms with Crippen molar-refractivity contribution in [2.45, 2.75) is 39.5 Å². The summed E-state index contributed by atoms with van der Waals surface area (Å²) in [7, 11) is 0. The van der Waals surface area contributed by atoms with Gasteiger partial charge in [0.25, 0.3) is 0 Å². The van der Waals surface area contributed by atoms with Gasteiger partial charge in [-0.15, -0.1) is 0 Å². The van der Waals surface area contributed by atoms with Crippen molar-refractivity contribution in [1.82, 2.24) is 5.32 Å². The molecule has 2 aromatic carbocycles. The zero-order chi connectivity index (χ0) is 18.9. The third kappa shape index (κ3) is 5.97. The first-order valence-corrected chi connectivity index (χ1v) is 9.53. The molecule has 0 aliphatic rings. The first-order valence-electron chi connectivity index (χ1n) is 8.74. The molecule has 2 aromatic rings. The molecule has 0 radical (unpaired) electrons. The fraction of sp³-hybridized carbons (Fsp3) is 0.400. The minimum atomic E-state index is -0.268. The summed E-state index contributed by atoms with van der Waals surface area (Å²) in [5.41, 5.74) is 1.90. The van der Waals surface area contributed by atoms with Gasteiger partial charge in [-0.25, -0.2) is 4.39 Å². The van der Waals surface area contributed by atoms with Crippen molar-refractivity contribution in [2.75, 3.05) is 13.2 Å². The zero-order valence-corrected chi connectivity index (χ0v) is 16.7. The summed E-state index contributed by atoms with van der Waals surface area (Å²) in [6, 6.07) is 10.2. The molecule has 2 rings (SSSR count). The van der Waals surface area contributed by atoms with Gasteiger partial charge in [0.15, 0.2) is 11.5 Å².